The average molecular weight is 395 g/mol. The number of hydrogen-bond donors (Lipinski definition) is 2. The van der Waals surface area contributed by atoms with E-state index in [4.69, 9.17) is 17.0 Å². The van der Waals surface area contributed by atoms with Crippen LogP contribution in [0.2, 0.25) is 0 Å². The van der Waals surface area contributed by atoms with Gasteiger partial charge in [0.1, 0.15) is 0 Å². The summed E-state index contributed by atoms with van der Waals surface area (Å²) in [6, 6.07) is 14.7. The lowest BCUT2D eigenvalue weighted by Gasteiger charge is -2.12. The van der Waals surface area contributed by atoms with E-state index >= 15 is 0 Å². The number of nitrogens with one attached hydrogen (secondary N) is 2. The Bertz CT molecular complexity index is 1120. The molecule has 0 aliphatic carbocycles. The van der Waals surface area contributed by atoms with Crippen LogP contribution in [0.25, 0.3) is 10.9 Å². The highest BCUT2D eigenvalue weighted by molar-refractivity contribution is 7.71. The molecule has 144 valence electrons. The van der Waals surface area contributed by atoms with Crippen molar-refractivity contribution in [1.29, 1.82) is 0 Å². The summed E-state index contributed by atoms with van der Waals surface area (Å²) in [7, 11) is 0. The molecule has 4 rings (SSSR count). The van der Waals surface area contributed by atoms with E-state index in [2.05, 4.69) is 10.3 Å². The highest BCUT2D eigenvalue weighted by atomic mass is 32.1. The number of nitrogens with zero attached hydrogens (tertiary/aromatic N) is 1. The van der Waals surface area contributed by atoms with Gasteiger partial charge in [0.25, 0.3) is 11.5 Å². The summed E-state index contributed by atoms with van der Waals surface area (Å²) in [4.78, 5) is 28.4. The first-order valence-electron chi connectivity index (χ1n) is 9.32. The lowest BCUT2D eigenvalue weighted by Crippen LogP contribution is -2.31. The number of fused-ring (bicyclic) bond motifs is 1. The van der Waals surface area contributed by atoms with Gasteiger partial charge in [-0.05, 0) is 48.8 Å². The van der Waals surface area contributed by atoms with Crippen LogP contribution in [-0.2, 0) is 11.3 Å². The molecule has 1 saturated heterocycles. The molecule has 3 aromatic rings. The van der Waals surface area contributed by atoms with Gasteiger partial charge in [0.2, 0.25) is 0 Å². The fraction of sp³-hybridized carbons (Fsp3) is 0.286. The van der Waals surface area contributed by atoms with Crippen LogP contribution in [-0.4, -0.2) is 34.7 Å². The SMILES string of the molecule is O=C(NCC1CCCO1)c1ccc2c(=O)n(Cc3ccccc3)c(=S)[nH]c2c1. The Kier molecular flexibility index (Phi) is 5.36. The number of carbonyl (C=O) groups is 1. The fourth-order valence-corrected chi connectivity index (χ4v) is 3.68. The van der Waals surface area contributed by atoms with Crippen LogP contribution < -0.4 is 10.9 Å². The minimum Gasteiger partial charge on any atom is -0.376 e. The zero-order chi connectivity index (χ0) is 19.5. The zero-order valence-electron chi connectivity index (χ0n) is 15.3. The highest BCUT2D eigenvalue weighted by Crippen LogP contribution is 2.13. The maximum absolute atomic E-state index is 12.9. The Hall–Kier alpha value is -2.77. The molecule has 2 aromatic carbocycles. The number of H-pyrrole nitrogens is 1. The smallest absolute Gasteiger partial charge is 0.262 e. The van der Waals surface area contributed by atoms with Crippen LogP contribution in [0.3, 0.4) is 0 Å². The third-order valence-corrected chi connectivity index (χ3v) is 5.26. The number of amides is 1. The topological polar surface area (TPSA) is 76.1 Å². The molecule has 1 atom stereocenters. The number of benzene rings is 2. The quantitative estimate of drug-likeness (QED) is 0.651. The van der Waals surface area contributed by atoms with Gasteiger partial charge in [-0.25, -0.2) is 0 Å². The normalized spacial score (nSPS) is 16.4. The maximum atomic E-state index is 12.9. The average Bonchev–Trinajstić information content (AvgIpc) is 3.23. The van der Waals surface area contributed by atoms with Crippen molar-refractivity contribution in [3.63, 3.8) is 0 Å². The molecule has 0 spiro atoms. The molecule has 1 fully saturated rings. The van der Waals surface area contributed by atoms with Crippen molar-refractivity contribution in [3.05, 3.63) is 74.8 Å². The summed E-state index contributed by atoms with van der Waals surface area (Å²) in [6.07, 6.45) is 2.08. The zero-order valence-corrected chi connectivity index (χ0v) is 16.1. The minimum absolute atomic E-state index is 0.0837. The summed E-state index contributed by atoms with van der Waals surface area (Å²) in [5.41, 5.74) is 1.86. The lowest BCUT2D eigenvalue weighted by atomic mass is 10.1. The van der Waals surface area contributed by atoms with E-state index in [0.29, 0.717) is 34.3 Å². The molecule has 1 amide bonds. The third kappa shape index (κ3) is 3.90. The Morgan fingerprint density at radius 2 is 2.07 bits per heavy atom. The van der Waals surface area contributed by atoms with E-state index in [-0.39, 0.29) is 17.6 Å². The van der Waals surface area contributed by atoms with Gasteiger partial charge in [-0.2, -0.15) is 0 Å². The van der Waals surface area contributed by atoms with Gasteiger partial charge >= 0.3 is 0 Å². The number of carbonyl (C=O) groups excluding carboxylic acids is 1. The third-order valence-electron chi connectivity index (χ3n) is 4.94. The van der Waals surface area contributed by atoms with Crippen LogP contribution in [0.1, 0.15) is 28.8 Å². The Balaban J connectivity index is 1.60. The largest absolute Gasteiger partial charge is 0.376 e. The molecule has 7 heteroatoms. The maximum Gasteiger partial charge on any atom is 0.262 e. The van der Waals surface area contributed by atoms with Crippen molar-refractivity contribution in [2.45, 2.75) is 25.5 Å². The van der Waals surface area contributed by atoms with Gasteiger partial charge in [0.05, 0.1) is 23.6 Å². The molecule has 6 nitrogen and oxygen atoms in total. The second kappa shape index (κ2) is 8.08. The molecule has 28 heavy (non-hydrogen) atoms. The van der Waals surface area contributed by atoms with Crippen molar-refractivity contribution in [3.8, 4) is 0 Å². The molecular weight excluding hydrogens is 374 g/mol. The van der Waals surface area contributed by atoms with Gasteiger partial charge in [0.15, 0.2) is 4.77 Å². The summed E-state index contributed by atoms with van der Waals surface area (Å²) in [5, 5.41) is 3.39. The molecule has 1 aliphatic heterocycles. The summed E-state index contributed by atoms with van der Waals surface area (Å²) >= 11 is 5.39. The van der Waals surface area contributed by atoms with E-state index in [9.17, 15) is 9.59 Å². The first-order valence-corrected chi connectivity index (χ1v) is 9.73. The van der Waals surface area contributed by atoms with Crippen molar-refractivity contribution >= 4 is 29.0 Å². The van der Waals surface area contributed by atoms with Gasteiger partial charge < -0.3 is 15.0 Å². The van der Waals surface area contributed by atoms with Crippen molar-refractivity contribution in [2.24, 2.45) is 0 Å². The first-order chi connectivity index (χ1) is 13.6. The highest BCUT2D eigenvalue weighted by Gasteiger charge is 2.17. The summed E-state index contributed by atoms with van der Waals surface area (Å²) < 4.78 is 7.39. The Morgan fingerprint density at radius 3 is 2.82 bits per heavy atom. The molecule has 0 saturated carbocycles. The predicted octanol–water partition coefficient (Wildman–Crippen LogP) is 3.02. The molecule has 0 radical (unpaired) electrons. The van der Waals surface area contributed by atoms with Gasteiger partial charge in [0, 0.05) is 18.7 Å². The molecule has 1 aromatic heterocycles. The van der Waals surface area contributed by atoms with Crippen LogP contribution in [0.15, 0.2) is 53.3 Å². The van der Waals surface area contributed by atoms with Crippen molar-refractivity contribution in [2.75, 3.05) is 13.2 Å². The second-order valence-corrected chi connectivity index (χ2v) is 7.30. The first kappa shape index (κ1) is 18.6. The number of ether oxygens (including phenoxy) is 1. The van der Waals surface area contributed by atoms with Crippen LogP contribution in [0.4, 0.5) is 0 Å². The van der Waals surface area contributed by atoms with Gasteiger partial charge in [-0.3, -0.25) is 14.2 Å². The van der Waals surface area contributed by atoms with Crippen molar-refractivity contribution < 1.29 is 9.53 Å². The van der Waals surface area contributed by atoms with Gasteiger partial charge in [-0.1, -0.05) is 30.3 Å². The number of aromatic nitrogens is 2. The summed E-state index contributed by atoms with van der Waals surface area (Å²) in [6.45, 7) is 1.64. The molecule has 0 bridgehead atoms. The van der Waals surface area contributed by atoms with E-state index < -0.39 is 0 Å². The van der Waals surface area contributed by atoms with Crippen LogP contribution in [0, 0.1) is 4.77 Å². The van der Waals surface area contributed by atoms with Crippen LogP contribution >= 0.6 is 12.2 Å². The molecule has 2 N–H and O–H groups in total. The monoisotopic (exact) mass is 395 g/mol. The Morgan fingerprint density at radius 1 is 1.25 bits per heavy atom. The van der Waals surface area contributed by atoms with Gasteiger partial charge in [-0.15, -0.1) is 0 Å². The second-order valence-electron chi connectivity index (χ2n) is 6.91. The van der Waals surface area contributed by atoms with E-state index in [0.717, 1.165) is 25.0 Å². The van der Waals surface area contributed by atoms with Crippen LogP contribution in [0.5, 0.6) is 0 Å². The van der Waals surface area contributed by atoms with E-state index in [1.165, 1.54) is 4.57 Å². The molecule has 2 heterocycles. The predicted molar refractivity (Wildman–Crippen MR) is 110 cm³/mol. The standard InChI is InChI=1S/C21H21N3O3S/c25-19(22-12-16-7-4-10-27-16)15-8-9-17-18(11-15)23-21(28)24(20(17)26)13-14-5-2-1-3-6-14/h1-3,5-6,8-9,11,16H,4,7,10,12-13H2,(H,22,25)(H,23,28). The molecule has 1 aliphatic rings. The number of rotatable bonds is 5. The molecular formula is C21H21N3O3S. The summed E-state index contributed by atoms with van der Waals surface area (Å²) in [5.74, 6) is -0.190. The number of aromatic amines is 1. The molecule has 1 unspecified atom stereocenters. The lowest BCUT2D eigenvalue weighted by molar-refractivity contribution is 0.0858. The van der Waals surface area contributed by atoms with E-state index in [1.54, 1.807) is 18.2 Å². The number of hydrogen-bond acceptors (Lipinski definition) is 4. The minimum atomic E-state index is -0.190. The Labute approximate surface area is 167 Å². The fourth-order valence-electron chi connectivity index (χ4n) is 3.42. The van der Waals surface area contributed by atoms with E-state index in [1.807, 2.05) is 30.3 Å². The van der Waals surface area contributed by atoms with Crippen molar-refractivity contribution in [1.82, 2.24) is 14.9 Å².